The third-order valence-corrected chi connectivity index (χ3v) is 5.76. The smallest absolute Gasteiger partial charge is 0.291 e. The quantitative estimate of drug-likeness (QED) is 0.394. The van der Waals surface area contributed by atoms with E-state index in [1.54, 1.807) is 53.6 Å². The molecular weight excluding hydrogens is 458 g/mol. The fourth-order valence-corrected chi connectivity index (χ4v) is 4.20. The van der Waals surface area contributed by atoms with Crippen molar-refractivity contribution in [3.8, 4) is 0 Å². The van der Waals surface area contributed by atoms with Gasteiger partial charge in [-0.3, -0.25) is 9.59 Å². The predicted molar refractivity (Wildman–Crippen MR) is 112 cm³/mol. The fraction of sp³-hybridized carbons (Fsp3) is 0.0909. The lowest BCUT2D eigenvalue weighted by Crippen LogP contribution is -2.29. The SMILES string of the molecule is O=C1c2oc3ccc(Br)cc3c(=O)c2[C@@H](c2ccc(Cl)cc2)N1Cc1ccco1. The van der Waals surface area contributed by atoms with Gasteiger partial charge in [0.2, 0.25) is 5.76 Å². The molecule has 4 aromatic rings. The first kappa shape index (κ1) is 18.2. The van der Waals surface area contributed by atoms with Gasteiger partial charge in [0.1, 0.15) is 11.3 Å². The number of nitrogens with zero attached hydrogens (tertiary/aromatic N) is 1. The van der Waals surface area contributed by atoms with Gasteiger partial charge < -0.3 is 13.7 Å². The second kappa shape index (κ2) is 6.90. The van der Waals surface area contributed by atoms with Crippen LogP contribution >= 0.6 is 27.5 Å². The molecule has 144 valence electrons. The molecule has 0 aliphatic carbocycles. The number of benzene rings is 2. The van der Waals surface area contributed by atoms with Gasteiger partial charge in [0.05, 0.1) is 29.8 Å². The van der Waals surface area contributed by atoms with E-state index in [-0.39, 0.29) is 23.6 Å². The zero-order chi connectivity index (χ0) is 20.1. The fourth-order valence-electron chi connectivity index (χ4n) is 3.72. The number of fused-ring (bicyclic) bond motifs is 2. The highest BCUT2D eigenvalue weighted by molar-refractivity contribution is 9.10. The van der Waals surface area contributed by atoms with Gasteiger partial charge in [-0.05, 0) is 48.0 Å². The van der Waals surface area contributed by atoms with Gasteiger partial charge in [0.25, 0.3) is 5.91 Å². The Morgan fingerprint density at radius 3 is 2.59 bits per heavy atom. The van der Waals surface area contributed by atoms with Crippen molar-refractivity contribution >= 4 is 44.4 Å². The van der Waals surface area contributed by atoms with Gasteiger partial charge in [0, 0.05) is 9.50 Å². The maximum Gasteiger partial charge on any atom is 0.291 e. The molecule has 1 aliphatic rings. The lowest BCUT2D eigenvalue weighted by Gasteiger charge is -2.24. The van der Waals surface area contributed by atoms with Crippen LogP contribution in [0.2, 0.25) is 5.02 Å². The lowest BCUT2D eigenvalue weighted by molar-refractivity contribution is 0.0701. The molecule has 1 atom stereocenters. The number of halogens is 2. The number of rotatable bonds is 3. The number of amides is 1. The van der Waals surface area contributed by atoms with Crippen LogP contribution in [0.1, 0.15) is 33.5 Å². The molecule has 0 saturated carbocycles. The van der Waals surface area contributed by atoms with Crippen LogP contribution in [0.5, 0.6) is 0 Å². The molecule has 0 spiro atoms. The summed E-state index contributed by atoms with van der Waals surface area (Å²) in [5.41, 5.74) is 1.25. The zero-order valence-corrected chi connectivity index (χ0v) is 17.2. The van der Waals surface area contributed by atoms with Gasteiger partial charge in [-0.2, -0.15) is 0 Å². The van der Waals surface area contributed by atoms with E-state index in [1.807, 2.05) is 12.1 Å². The standard InChI is InChI=1S/C22H13BrClNO4/c23-13-5-8-17-16(10-13)20(26)18-19(12-3-6-14(24)7-4-12)25(22(27)21(18)29-17)11-15-2-1-9-28-15/h1-10,19H,11H2/t19-/m1/s1. The zero-order valence-electron chi connectivity index (χ0n) is 14.9. The molecule has 7 heteroatoms. The average Bonchev–Trinajstić information content (AvgIpc) is 3.32. The second-order valence-corrected chi connectivity index (χ2v) is 8.13. The molecule has 1 amide bonds. The predicted octanol–water partition coefficient (Wildman–Crippen LogP) is 5.55. The van der Waals surface area contributed by atoms with E-state index in [1.165, 1.54) is 0 Å². The first-order valence-electron chi connectivity index (χ1n) is 8.88. The summed E-state index contributed by atoms with van der Waals surface area (Å²) in [7, 11) is 0. The summed E-state index contributed by atoms with van der Waals surface area (Å²) in [4.78, 5) is 28.2. The maximum atomic E-state index is 13.4. The minimum atomic E-state index is -0.598. The molecule has 0 unspecified atom stereocenters. The molecule has 5 nitrogen and oxygen atoms in total. The molecule has 5 rings (SSSR count). The van der Waals surface area contributed by atoms with Gasteiger partial charge in [-0.25, -0.2) is 0 Å². The van der Waals surface area contributed by atoms with Crippen LogP contribution in [-0.4, -0.2) is 10.8 Å². The summed E-state index contributed by atoms with van der Waals surface area (Å²) in [6.45, 7) is 0.211. The number of hydrogen-bond donors (Lipinski definition) is 0. The van der Waals surface area contributed by atoms with Gasteiger partial charge >= 0.3 is 0 Å². The number of carbonyl (C=O) groups is 1. The van der Waals surface area contributed by atoms with Gasteiger partial charge in [0.15, 0.2) is 5.43 Å². The summed E-state index contributed by atoms with van der Waals surface area (Å²) in [6.07, 6.45) is 1.55. The Balaban J connectivity index is 1.75. The average molecular weight is 471 g/mol. The van der Waals surface area contributed by atoms with Crippen molar-refractivity contribution in [2.45, 2.75) is 12.6 Å². The van der Waals surface area contributed by atoms with Crippen molar-refractivity contribution in [3.63, 3.8) is 0 Å². The number of furan rings is 1. The third-order valence-electron chi connectivity index (χ3n) is 5.02. The Kier molecular flexibility index (Phi) is 4.33. The Labute approximate surface area is 178 Å². The molecule has 1 aliphatic heterocycles. The highest BCUT2D eigenvalue weighted by Gasteiger charge is 2.43. The first-order valence-corrected chi connectivity index (χ1v) is 10.0. The van der Waals surface area contributed by atoms with Crippen molar-refractivity contribution in [3.05, 3.63) is 103 Å². The van der Waals surface area contributed by atoms with Crippen LogP contribution in [0.4, 0.5) is 0 Å². The molecule has 0 saturated heterocycles. The lowest BCUT2D eigenvalue weighted by atomic mass is 9.98. The summed E-state index contributed by atoms with van der Waals surface area (Å²) in [5, 5.41) is 0.995. The van der Waals surface area contributed by atoms with E-state index >= 15 is 0 Å². The van der Waals surface area contributed by atoms with E-state index in [9.17, 15) is 9.59 Å². The Morgan fingerprint density at radius 1 is 1.07 bits per heavy atom. The number of hydrogen-bond acceptors (Lipinski definition) is 4. The van der Waals surface area contributed by atoms with Crippen LogP contribution in [0.25, 0.3) is 11.0 Å². The van der Waals surface area contributed by atoms with Crippen LogP contribution in [0.15, 0.2) is 79.0 Å². The Bertz CT molecular complexity index is 1300. The summed E-state index contributed by atoms with van der Waals surface area (Å²) in [5.74, 6) is 0.333. The summed E-state index contributed by atoms with van der Waals surface area (Å²) < 4.78 is 12.1. The molecule has 2 aromatic carbocycles. The van der Waals surface area contributed by atoms with Crippen LogP contribution < -0.4 is 5.43 Å². The maximum absolute atomic E-state index is 13.4. The Hall–Kier alpha value is -2.83. The monoisotopic (exact) mass is 469 g/mol. The van der Waals surface area contributed by atoms with Crippen molar-refractivity contribution in [1.82, 2.24) is 4.90 Å². The Morgan fingerprint density at radius 2 is 1.86 bits per heavy atom. The van der Waals surface area contributed by atoms with Crippen molar-refractivity contribution in [1.29, 1.82) is 0 Å². The number of carbonyl (C=O) groups excluding carboxylic acids is 1. The third kappa shape index (κ3) is 2.99. The molecule has 29 heavy (non-hydrogen) atoms. The second-order valence-electron chi connectivity index (χ2n) is 6.78. The summed E-state index contributed by atoms with van der Waals surface area (Å²) >= 11 is 9.44. The summed E-state index contributed by atoms with van der Waals surface area (Å²) in [6, 6.07) is 15.2. The minimum absolute atomic E-state index is 0.0660. The highest BCUT2D eigenvalue weighted by Crippen LogP contribution is 2.39. The van der Waals surface area contributed by atoms with Crippen molar-refractivity contribution in [2.24, 2.45) is 0 Å². The van der Waals surface area contributed by atoms with Gasteiger partial charge in [-0.15, -0.1) is 0 Å². The van der Waals surface area contributed by atoms with Crippen LogP contribution in [0, 0.1) is 0 Å². The van der Waals surface area contributed by atoms with Gasteiger partial charge in [-0.1, -0.05) is 39.7 Å². The molecule has 2 aromatic heterocycles. The van der Waals surface area contributed by atoms with E-state index in [0.29, 0.717) is 27.3 Å². The molecular formula is C22H13BrClNO4. The molecule has 0 N–H and O–H groups in total. The highest BCUT2D eigenvalue weighted by atomic mass is 79.9. The van der Waals surface area contributed by atoms with E-state index in [4.69, 9.17) is 20.4 Å². The van der Waals surface area contributed by atoms with Crippen LogP contribution in [0.3, 0.4) is 0 Å². The van der Waals surface area contributed by atoms with E-state index in [0.717, 1.165) is 10.0 Å². The van der Waals surface area contributed by atoms with E-state index < -0.39 is 6.04 Å². The van der Waals surface area contributed by atoms with E-state index in [2.05, 4.69) is 15.9 Å². The minimum Gasteiger partial charge on any atom is -0.467 e. The topological polar surface area (TPSA) is 63.7 Å². The van der Waals surface area contributed by atoms with Crippen molar-refractivity contribution < 1.29 is 13.6 Å². The molecule has 0 fully saturated rings. The molecule has 3 heterocycles. The molecule has 0 bridgehead atoms. The molecule has 0 radical (unpaired) electrons. The van der Waals surface area contributed by atoms with Crippen molar-refractivity contribution in [2.75, 3.05) is 0 Å². The van der Waals surface area contributed by atoms with Crippen LogP contribution in [-0.2, 0) is 6.54 Å². The largest absolute Gasteiger partial charge is 0.467 e. The normalized spacial score (nSPS) is 15.9. The first-order chi connectivity index (χ1) is 14.0.